The molecule has 1 fully saturated rings. The first-order valence-corrected chi connectivity index (χ1v) is 9.95. The Bertz CT molecular complexity index is 913. The molecule has 0 aromatic heterocycles. The highest BCUT2D eigenvalue weighted by Crippen LogP contribution is 2.42. The number of hydrogen-bond donors (Lipinski definition) is 1. The summed E-state index contributed by atoms with van der Waals surface area (Å²) in [7, 11) is 0. The summed E-state index contributed by atoms with van der Waals surface area (Å²) in [6, 6.07) is 11.3. The van der Waals surface area contributed by atoms with Gasteiger partial charge in [-0.2, -0.15) is 0 Å². The zero-order chi connectivity index (χ0) is 19.1. The zero-order valence-corrected chi connectivity index (χ0v) is 16.1. The van der Waals surface area contributed by atoms with Gasteiger partial charge >= 0.3 is 0 Å². The summed E-state index contributed by atoms with van der Waals surface area (Å²) < 4.78 is 17.2. The van der Waals surface area contributed by atoms with Crippen molar-refractivity contribution in [2.75, 3.05) is 31.7 Å². The topological polar surface area (TPSA) is 60.0 Å². The number of hydrogen-bond acceptors (Lipinski definition) is 5. The van der Waals surface area contributed by atoms with Gasteiger partial charge in [0.15, 0.2) is 11.5 Å². The molecule has 0 aliphatic carbocycles. The molecule has 2 aromatic carbocycles. The van der Waals surface area contributed by atoms with E-state index in [2.05, 4.69) is 5.32 Å². The minimum atomic E-state index is -0.361. The number of halogens is 1. The summed E-state index contributed by atoms with van der Waals surface area (Å²) >= 11 is 6.46. The van der Waals surface area contributed by atoms with E-state index in [1.54, 1.807) is 0 Å². The smallest absolute Gasteiger partial charge is 0.257 e. The average molecular weight is 401 g/mol. The molecule has 6 nitrogen and oxygen atoms in total. The molecule has 5 rings (SSSR count). The zero-order valence-electron chi connectivity index (χ0n) is 15.3. The molecule has 2 aromatic rings. The second-order valence-electron chi connectivity index (χ2n) is 7.21. The van der Waals surface area contributed by atoms with Gasteiger partial charge in [0.2, 0.25) is 0 Å². The van der Waals surface area contributed by atoms with Gasteiger partial charge in [0.25, 0.3) is 5.91 Å². The van der Waals surface area contributed by atoms with Crippen molar-refractivity contribution in [2.45, 2.75) is 25.1 Å². The molecular weight excluding hydrogens is 380 g/mol. The summed E-state index contributed by atoms with van der Waals surface area (Å²) in [6.07, 6.45) is 1.67. The average Bonchev–Trinajstić information content (AvgIpc) is 3.23. The maximum Gasteiger partial charge on any atom is 0.257 e. The monoisotopic (exact) mass is 400 g/mol. The van der Waals surface area contributed by atoms with Crippen molar-refractivity contribution in [1.82, 2.24) is 4.90 Å². The lowest BCUT2D eigenvalue weighted by atomic mass is 10.0. The van der Waals surface area contributed by atoms with Crippen LogP contribution < -0.4 is 14.8 Å². The fourth-order valence-electron chi connectivity index (χ4n) is 4.04. The van der Waals surface area contributed by atoms with E-state index in [0.717, 1.165) is 30.7 Å². The molecule has 0 spiro atoms. The van der Waals surface area contributed by atoms with Gasteiger partial charge in [-0.15, -0.1) is 0 Å². The summed E-state index contributed by atoms with van der Waals surface area (Å²) in [5.74, 6) is 1.16. The van der Waals surface area contributed by atoms with Crippen LogP contribution in [0.25, 0.3) is 0 Å². The number of rotatable bonds is 3. The van der Waals surface area contributed by atoms with Crippen LogP contribution in [0.15, 0.2) is 36.4 Å². The fraction of sp³-hybridized carbons (Fsp3) is 0.381. The molecule has 0 radical (unpaired) electrons. The molecule has 0 unspecified atom stereocenters. The molecule has 0 saturated carbocycles. The van der Waals surface area contributed by atoms with Crippen LogP contribution in [0.2, 0.25) is 5.02 Å². The summed E-state index contributed by atoms with van der Waals surface area (Å²) in [4.78, 5) is 15.1. The minimum Gasteiger partial charge on any atom is -0.486 e. The van der Waals surface area contributed by atoms with Crippen molar-refractivity contribution in [1.29, 1.82) is 0 Å². The molecule has 0 bridgehead atoms. The standard InChI is InChI=1S/C21H21ClN2O4/c22-16-10-13(11-18-19(16)28-9-8-27-18)20-23-17-6-2-1-5-15(17)21(25)24(20)12-14-4-3-7-26-14/h1-2,5-6,10-11,14,20,23H,3-4,7-9,12H2/t14-,20+/m0/s1. The highest BCUT2D eigenvalue weighted by Gasteiger charge is 2.36. The van der Waals surface area contributed by atoms with Crippen LogP contribution in [0.5, 0.6) is 11.5 Å². The van der Waals surface area contributed by atoms with Crippen molar-refractivity contribution in [3.63, 3.8) is 0 Å². The molecule has 28 heavy (non-hydrogen) atoms. The second-order valence-corrected chi connectivity index (χ2v) is 7.62. The Morgan fingerprint density at radius 2 is 2.00 bits per heavy atom. The van der Waals surface area contributed by atoms with E-state index < -0.39 is 0 Å². The van der Waals surface area contributed by atoms with E-state index >= 15 is 0 Å². The van der Waals surface area contributed by atoms with Crippen LogP contribution in [-0.4, -0.2) is 43.3 Å². The number of nitrogens with zero attached hydrogens (tertiary/aromatic N) is 1. The Balaban J connectivity index is 1.55. The van der Waals surface area contributed by atoms with Crippen molar-refractivity contribution < 1.29 is 19.0 Å². The second kappa shape index (κ2) is 7.18. The molecule has 3 heterocycles. The van der Waals surface area contributed by atoms with Crippen LogP contribution in [0, 0.1) is 0 Å². The molecule has 1 N–H and O–H groups in total. The van der Waals surface area contributed by atoms with Gasteiger partial charge < -0.3 is 24.4 Å². The van der Waals surface area contributed by atoms with E-state index in [1.807, 2.05) is 41.3 Å². The number of fused-ring (bicyclic) bond motifs is 2. The van der Waals surface area contributed by atoms with Gasteiger partial charge in [-0.25, -0.2) is 0 Å². The molecular formula is C21H21ClN2O4. The van der Waals surface area contributed by atoms with Gasteiger partial charge in [0.1, 0.15) is 19.4 Å². The molecule has 146 valence electrons. The number of amides is 1. The maximum absolute atomic E-state index is 13.3. The third kappa shape index (κ3) is 3.06. The maximum atomic E-state index is 13.3. The lowest BCUT2D eigenvalue weighted by Crippen LogP contribution is -2.46. The third-order valence-corrected chi connectivity index (χ3v) is 5.66. The number of benzene rings is 2. The van der Waals surface area contributed by atoms with Gasteiger partial charge in [0, 0.05) is 24.4 Å². The van der Waals surface area contributed by atoms with Crippen LogP contribution in [0.1, 0.15) is 34.9 Å². The normalized spacial score (nSPS) is 23.3. The van der Waals surface area contributed by atoms with Crippen molar-refractivity contribution in [3.8, 4) is 11.5 Å². The quantitative estimate of drug-likeness (QED) is 0.847. The minimum absolute atomic E-state index is 0.0131. The summed E-state index contributed by atoms with van der Waals surface area (Å²) in [5, 5.41) is 3.98. The van der Waals surface area contributed by atoms with Crippen molar-refractivity contribution in [2.24, 2.45) is 0 Å². The predicted octanol–water partition coefficient (Wildman–Crippen LogP) is 3.86. The first kappa shape index (κ1) is 17.6. The Kier molecular flexibility index (Phi) is 4.53. The first-order chi connectivity index (χ1) is 13.7. The molecule has 7 heteroatoms. The highest BCUT2D eigenvalue weighted by atomic mass is 35.5. The third-order valence-electron chi connectivity index (χ3n) is 5.38. The highest BCUT2D eigenvalue weighted by molar-refractivity contribution is 6.32. The van der Waals surface area contributed by atoms with E-state index in [9.17, 15) is 4.79 Å². The van der Waals surface area contributed by atoms with E-state index in [-0.39, 0.29) is 18.2 Å². The molecule has 3 aliphatic rings. The Hall–Kier alpha value is -2.44. The van der Waals surface area contributed by atoms with Gasteiger partial charge in [-0.05, 0) is 37.1 Å². The number of ether oxygens (including phenoxy) is 3. The molecule has 1 saturated heterocycles. The van der Waals surface area contributed by atoms with E-state index in [4.69, 9.17) is 25.8 Å². The fourth-order valence-corrected chi connectivity index (χ4v) is 4.31. The number of carbonyl (C=O) groups is 1. The largest absolute Gasteiger partial charge is 0.486 e. The number of anilines is 1. The van der Waals surface area contributed by atoms with Gasteiger partial charge in [-0.3, -0.25) is 4.79 Å². The summed E-state index contributed by atoms with van der Waals surface area (Å²) in [5.41, 5.74) is 2.34. The SMILES string of the molecule is O=C1c2ccccc2N[C@@H](c2cc(Cl)c3c(c2)OCCO3)N1C[C@@H]1CCCO1. The van der Waals surface area contributed by atoms with Crippen LogP contribution in [0.4, 0.5) is 5.69 Å². The Morgan fingerprint density at radius 1 is 1.14 bits per heavy atom. The first-order valence-electron chi connectivity index (χ1n) is 9.58. The molecule has 1 amide bonds. The van der Waals surface area contributed by atoms with E-state index in [0.29, 0.717) is 41.8 Å². The number of carbonyl (C=O) groups excluding carboxylic acids is 1. The van der Waals surface area contributed by atoms with Gasteiger partial charge in [-0.1, -0.05) is 23.7 Å². The Labute approximate surface area is 168 Å². The Morgan fingerprint density at radius 3 is 2.86 bits per heavy atom. The predicted molar refractivity (Wildman–Crippen MR) is 105 cm³/mol. The van der Waals surface area contributed by atoms with Crippen molar-refractivity contribution >= 4 is 23.2 Å². The molecule has 2 atom stereocenters. The number of nitrogens with one attached hydrogen (secondary N) is 1. The lowest BCUT2D eigenvalue weighted by molar-refractivity contribution is 0.0426. The van der Waals surface area contributed by atoms with Crippen LogP contribution in [-0.2, 0) is 4.74 Å². The van der Waals surface area contributed by atoms with E-state index in [1.165, 1.54) is 0 Å². The van der Waals surface area contributed by atoms with Gasteiger partial charge in [0.05, 0.1) is 16.7 Å². The van der Waals surface area contributed by atoms with Crippen LogP contribution in [0.3, 0.4) is 0 Å². The van der Waals surface area contributed by atoms with Crippen LogP contribution >= 0.6 is 11.6 Å². The molecule has 3 aliphatic heterocycles. The van der Waals surface area contributed by atoms with Crippen molar-refractivity contribution in [3.05, 3.63) is 52.5 Å². The summed E-state index contributed by atoms with van der Waals surface area (Å²) in [6.45, 7) is 2.23. The number of para-hydroxylation sites is 1. The lowest BCUT2D eigenvalue weighted by Gasteiger charge is -2.39.